The molecule has 0 aliphatic carbocycles. The monoisotopic (exact) mass is 283 g/mol. The summed E-state index contributed by atoms with van der Waals surface area (Å²) in [5.74, 6) is -1.17. The summed E-state index contributed by atoms with van der Waals surface area (Å²) >= 11 is 0. The van der Waals surface area contributed by atoms with E-state index in [0.717, 1.165) is 5.39 Å². The molecule has 0 bridgehead atoms. The number of nitro benzene ring substituents is 1. The van der Waals surface area contributed by atoms with Crippen LogP contribution in [-0.2, 0) is 0 Å². The second-order valence-corrected chi connectivity index (χ2v) is 4.38. The second kappa shape index (κ2) is 4.71. The number of hydrogen-bond donors (Lipinski definition) is 1. The fraction of sp³-hybridized carbons (Fsp3) is 0. The summed E-state index contributed by atoms with van der Waals surface area (Å²) < 4.78 is 1.39. The minimum Gasteiger partial charge on any atom is -0.478 e. The van der Waals surface area contributed by atoms with Crippen molar-refractivity contribution in [2.75, 3.05) is 0 Å². The number of aromatic carboxylic acids is 1. The van der Waals surface area contributed by atoms with Crippen molar-refractivity contribution < 1.29 is 14.8 Å². The average Bonchev–Trinajstić information content (AvgIpc) is 2.90. The van der Waals surface area contributed by atoms with Crippen molar-refractivity contribution in [3.05, 3.63) is 64.3 Å². The number of benzene rings is 2. The van der Waals surface area contributed by atoms with E-state index in [1.54, 1.807) is 18.3 Å². The number of rotatable bonds is 3. The zero-order chi connectivity index (χ0) is 15.0. The molecular weight excluding hydrogens is 274 g/mol. The van der Waals surface area contributed by atoms with Crippen LogP contribution in [0.4, 0.5) is 5.69 Å². The number of aromatic nitrogens is 2. The summed E-state index contributed by atoms with van der Waals surface area (Å²) in [6.45, 7) is 0. The van der Waals surface area contributed by atoms with Gasteiger partial charge in [0, 0.05) is 17.5 Å². The minimum absolute atomic E-state index is 0.0468. The number of non-ortho nitro benzene ring substituents is 1. The Hall–Kier alpha value is -3.22. The molecule has 104 valence electrons. The smallest absolute Gasteiger partial charge is 0.337 e. The van der Waals surface area contributed by atoms with E-state index in [-0.39, 0.29) is 16.9 Å². The lowest BCUT2D eigenvalue weighted by Crippen LogP contribution is -2.07. The van der Waals surface area contributed by atoms with Crippen LogP contribution in [0, 0.1) is 10.1 Å². The molecule has 0 fully saturated rings. The maximum atomic E-state index is 11.3. The van der Waals surface area contributed by atoms with E-state index in [4.69, 9.17) is 0 Å². The molecule has 0 atom stereocenters. The lowest BCUT2D eigenvalue weighted by molar-refractivity contribution is -0.384. The van der Waals surface area contributed by atoms with Crippen molar-refractivity contribution in [3.63, 3.8) is 0 Å². The molecule has 0 saturated heterocycles. The Kier molecular flexibility index (Phi) is 2.87. The van der Waals surface area contributed by atoms with Crippen LogP contribution in [0.5, 0.6) is 0 Å². The molecular formula is C14H9N3O4. The first kappa shape index (κ1) is 12.8. The Balaban J connectivity index is 2.31. The largest absolute Gasteiger partial charge is 0.478 e. The van der Waals surface area contributed by atoms with Gasteiger partial charge in [0.15, 0.2) is 0 Å². The lowest BCUT2D eigenvalue weighted by Gasteiger charge is -2.07. The predicted octanol–water partition coefficient (Wildman–Crippen LogP) is 2.63. The quantitative estimate of drug-likeness (QED) is 0.588. The number of fused-ring (bicyclic) bond motifs is 1. The Morgan fingerprint density at radius 1 is 1.24 bits per heavy atom. The van der Waals surface area contributed by atoms with Gasteiger partial charge in [0.2, 0.25) is 0 Å². The molecule has 0 aliphatic rings. The van der Waals surface area contributed by atoms with Crippen molar-refractivity contribution in [2.45, 2.75) is 0 Å². The molecule has 0 aliphatic heterocycles. The van der Waals surface area contributed by atoms with Gasteiger partial charge in [-0.2, -0.15) is 5.10 Å². The summed E-state index contributed by atoms with van der Waals surface area (Å²) in [7, 11) is 0. The summed E-state index contributed by atoms with van der Waals surface area (Å²) in [6, 6.07) is 10.8. The average molecular weight is 283 g/mol. The van der Waals surface area contributed by atoms with Crippen LogP contribution in [0.15, 0.2) is 48.7 Å². The van der Waals surface area contributed by atoms with Gasteiger partial charge in [0.25, 0.3) is 5.69 Å². The van der Waals surface area contributed by atoms with Gasteiger partial charge < -0.3 is 5.11 Å². The highest BCUT2D eigenvalue weighted by atomic mass is 16.6. The van der Waals surface area contributed by atoms with Gasteiger partial charge in [-0.05, 0) is 12.1 Å². The summed E-state index contributed by atoms with van der Waals surface area (Å²) in [5.41, 5.74) is 0.613. The number of nitrogens with zero attached hydrogens (tertiary/aromatic N) is 3. The predicted molar refractivity (Wildman–Crippen MR) is 74.7 cm³/mol. The zero-order valence-electron chi connectivity index (χ0n) is 10.6. The van der Waals surface area contributed by atoms with Crippen molar-refractivity contribution >= 4 is 22.6 Å². The Bertz CT molecular complexity index is 870. The van der Waals surface area contributed by atoms with Gasteiger partial charge in [-0.1, -0.05) is 18.2 Å². The molecule has 0 amide bonds. The van der Waals surface area contributed by atoms with E-state index in [0.29, 0.717) is 5.52 Å². The fourth-order valence-corrected chi connectivity index (χ4v) is 2.15. The summed E-state index contributed by atoms with van der Waals surface area (Å²) in [4.78, 5) is 21.7. The molecule has 7 heteroatoms. The number of carbonyl (C=O) groups is 1. The van der Waals surface area contributed by atoms with Crippen LogP contribution in [0.3, 0.4) is 0 Å². The highest BCUT2D eigenvalue weighted by molar-refractivity contribution is 5.93. The van der Waals surface area contributed by atoms with E-state index in [9.17, 15) is 20.0 Å². The first-order valence-electron chi connectivity index (χ1n) is 6.03. The molecule has 21 heavy (non-hydrogen) atoms. The van der Waals surface area contributed by atoms with Crippen LogP contribution in [0.25, 0.3) is 16.6 Å². The molecule has 1 N–H and O–H groups in total. The lowest BCUT2D eigenvalue weighted by atomic mass is 10.1. The van der Waals surface area contributed by atoms with E-state index < -0.39 is 10.9 Å². The van der Waals surface area contributed by atoms with Gasteiger partial charge in [-0.3, -0.25) is 10.1 Å². The maximum absolute atomic E-state index is 11.3. The topological polar surface area (TPSA) is 98.3 Å². The first-order chi connectivity index (χ1) is 10.1. The number of carboxylic acids is 1. The molecule has 0 unspecified atom stereocenters. The van der Waals surface area contributed by atoms with Crippen LogP contribution >= 0.6 is 0 Å². The molecule has 1 aromatic heterocycles. The molecule has 3 rings (SSSR count). The highest BCUT2D eigenvalue weighted by Gasteiger charge is 2.18. The number of carboxylic acid groups (broad SMARTS) is 1. The number of nitro groups is 1. The van der Waals surface area contributed by atoms with Gasteiger partial charge >= 0.3 is 5.97 Å². The van der Waals surface area contributed by atoms with Crippen molar-refractivity contribution in [3.8, 4) is 5.69 Å². The fourth-order valence-electron chi connectivity index (χ4n) is 2.15. The van der Waals surface area contributed by atoms with Gasteiger partial charge in [0.05, 0.1) is 27.9 Å². The van der Waals surface area contributed by atoms with Gasteiger partial charge in [-0.25, -0.2) is 9.48 Å². The van der Waals surface area contributed by atoms with E-state index in [1.807, 2.05) is 12.1 Å². The number of para-hydroxylation sites is 1. The molecule has 3 aromatic rings. The summed E-state index contributed by atoms with van der Waals surface area (Å²) in [5, 5.41) is 25.1. The second-order valence-electron chi connectivity index (χ2n) is 4.38. The highest BCUT2D eigenvalue weighted by Crippen LogP contribution is 2.25. The standard InChI is InChI=1S/C14H9N3O4/c18-14(19)11-6-5-10(17(20)21)7-13(11)16-12-4-2-1-3-9(12)8-15-16/h1-8H,(H,18,19). The van der Waals surface area contributed by atoms with E-state index >= 15 is 0 Å². The van der Waals surface area contributed by atoms with Crippen LogP contribution in [0.2, 0.25) is 0 Å². The molecule has 0 spiro atoms. The maximum Gasteiger partial charge on any atom is 0.337 e. The third-order valence-corrected chi connectivity index (χ3v) is 3.13. The molecule has 2 aromatic carbocycles. The normalized spacial score (nSPS) is 10.7. The van der Waals surface area contributed by atoms with Crippen molar-refractivity contribution in [2.24, 2.45) is 0 Å². The summed E-state index contributed by atoms with van der Waals surface area (Å²) in [6.07, 6.45) is 1.58. The Morgan fingerprint density at radius 2 is 2.00 bits per heavy atom. The molecule has 1 heterocycles. The SMILES string of the molecule is O=C(O)c1ccc([N+](=O)[O-])cc1-n1ncc2ccccc21. The van der Waals surface area contributed by atoms with Gasteiger partial charge in [0.1, 0.15) is 0 Å². The molecule has 7 nitrogen and oxygen atoms in total. The third kappa shape index (κ3) is 2.10. The molecule has 0 radical (unpaired) electrons. The number of hydrogen-bond acceptors (Lipinski definition) is 4. The zero-order valence-corrected chi connectivity index (χ0v) is 10.6. The third-order valence-electron chi connectivity index (χ3n) is 3.13. The minimum atomic E-state index is -1.17. The molecule has 0 saturated carbocycles. The first-order valence-corrected chi connectivity index (χ1v) is 6.03. The van der Waals surface area contributed by atoms with E-state index in [2.05, 4.69) is 5.10 Å². The Morgan fingerprint density at radius 3 is 2.71 bits per heavy atom. The van der Waals surface area contributed by atoms with Crippen LogP contribution < -0.4 is 0 Å². The van der Waals surface area contributed by atoms with E-state index in [1.165, 1.54) is 22.9 Å². The van der Waals surface area contributed by atoms with Crippen molar-refractivity contribution in [1.29, 1.82) is 0 Å². The van der Waals surface area contributed by atoms with Crippen molar-refractivity contribution in [1.82, 2.24) is 9.78 Å². The van der Waals surface area contributed by atoms with Crippen LogP contribution in [-0.4, -0.2) is 25.8 Å². The Labute approximate surface area is 118 Å². The van der Waals surface area contributed by atoms with Crippen LogP contribution in [0.1, 0.15) is 10.4 Å². The van der Waals surface area contributed by atoms with Gasteiger partial charge in [-0.15, -0.1) is 0 Å².